The summed E-state index contributed by atoms with van der Waals surface area (Å²) < 4.78 is 1.70. The number of aliphatic hydroxyl groups excluding tert-OH is 2. The van der Waals surface area contributed by atoms with Crippen LogP contribution in [0.4, 0.5) is 0 Å². The zero-order valence-corrected chi connectivity index (χ0v) is 11.7. The van der Waals surface area contributed by atoms with E-state index >= 15 is 0 Å². The van der Waals surface area contributed by atoms with Gasteiger partial charge in [0, 0.05) is 18.3 Å². The zero-order chi connectivity index (χ0) is 14.4. The molecule has 0 bridgehead atoms. The lowest BCUT2D eigenvalue weighted by Gasteiger charge is -2.29. The molecule has 1 heterocycles. The summed E-state index contributed by atoms with van der Waals surface area (Å²) in [6.45, 7) is 3.17. The summed E-state index contributed by atoms with van der Waals surface area (Å²) >= 11 is 0. The molecule has 0 radical (unpaired) electrons. The van der Waals surface area contributed by atoms with Crippen molar-refractivity contribution >= 4 is 0 Å². The molecule has 1 aromatic carbocycles. The zero-order valence-electron chi connectivity index (χ0n) is 11.7. The fourth-order valence-electron chi connectivity index (χ4n) is 2.07. The van der Waals surface area contributed by atoms with E-state index in [4.69, 9.17) is 5.11 Å². The Morgan fingerprint density at radius 2 is 2.00 bits per heavy atom. The summed E-state index contributed by atoms with van der Waals surface area (Å²) in [5.41, 5.74) is 1.58. The van der Waals surface area contributed by atoms with Gasteiger partial charge in [-0.3, -0.25) is 4.68 Å². The monoisotopic (exact) mass is 275 g/mol. The van der Waals surface area contributed by atoms with Gasteiger partial charge in [0.25, 0.3) is 0 Å². The van der Waals surface area contributed by atoms with Crippen molar-refractivity contribution in [3.05, 3.63) is 53.9 Å². The van der Waals surface area contributed by atoms with Crippen LogP contribution in [0.2, 0.25) is 0 Å². The predicted molar refractivity (Wildman–Crippen MR) is 77.0 cm³/mol. The SMILES string of the molecule is CC(CO)(NCc1cnn(CCO)c1)c1ccccc1. The van der Waals surface area contributed by atoms with Crippen LogP contribution in [0.15, 0.2) is 42.7 Å². The molecule has 2 rings (SSSR count). The maximum Gasteiger partial charge on any atom is 0.0652 e. The summed E-state index contributed by atoms with van der Waals surface area (Å²) in [6, 6.07) is 9.88. The van der Waals surface area contributed by atoms with Crippen LogP contribution in [0.25, 0.3) is 0 Å². The van der Waals surface area contributed by atoms with Crippen molar-refractivity contribution in [1.29, 1.82) is 0 Å². The number of aliphatic hydroxyl groups is 2. The molecule has 0 spiro atoms. The van der Waals surface area contributed by atoms with Crippen LogP contribution in [0, 0.1) is 0 Å². The van der Waals surface area contributed by atoms with E-state index in [1.54, 1.807) is 10.9 Å². The molecule has 0 saturated carbocycles. The van der Waals surface area contributed by atoms with Crippen molar-refractivity contribution in [2.24, 2.45) is 0 Å². The lowest BCUT2D eigenvalue weighted by Crippen LogP contribution is -2.42. The minimum atomic E-state index is -0.486. The van der Waals surface area contributed by atoms with E-state index in [0.29, 0.717) is 13.1 Å². The molecule has 0 aliphatic rings. The number of benzene rings is 1. The van der Waals surface area contributed by atoms with Crippen molar-refractivity contribution < 1.29 is 10.2 Å². The van der Waals surface area contributed by atoms with Gasteiger partial charge in [-0.25, -0.2) is 0 Å². The molecule has 2 aromatic rings. The maximum absolute atomic E-state index is 9.69. The highest BCUT2D eigenvalue weighted by Gasteiger charge is 2.24. The summed E-state index contributed by atoms with van der Waals surface area (Å²) in [4.78, 5) is 0. The van der Waals surface area contributed by atoms with Gasteiger partial charge in [-0.1, -0.05) is 30.3 Å². The maximum atomic E-state index is 9.69. The minimum Gasteiger partial charge on any atom is -0.394 e. The van der Waals surface area contributed by atoms with Gasteiger partial charge in [-0.2, -0.15) is 5.10 Å². The Labute approximate surface area is 118 Å². The minimum absolute atomic E-state index is 0.0157. The molecule has 0 aliphatic heterocycles. The van der Waals surface area contributed by atoms with Gasteiger partial charge in [0.15, 0.2) is 0 Å². The Kier molecular flexibility index (Phi) is 4.89. The Morgan fingerprint density at radius 1 is 1.25 bits per heavy atom. The van der Waals surface area contributed by atoms with Crippen molar-refractivity contribution in [3.8, 4) is 0 Å². The van der Waals surface area contributed by atoms with Crippen LogP contribution in [-0.4, -0.2) is 33.2 Å². The third-order valence-corrected chi connectivity index (χ3v) is 3.43. The second-order valence-electron chi connectivity index (χ2n) is 5.05. The van der Waals surface area contributed by atoms with Crippen molar-refractivity contribution in [2.45, 2.75) is 25.6 Å². The quantitative estimate of drug-likeness (QED) is 0.701. The van der Waals surface area contributed by atoms with E-state index in [1.165, 1.54) is 0 Å². The molecule has 0 amide bonds. The fraction of sp³-hybridized carbons (Fsp3) is 0.400. The molecule has 20 heavy (non-hydrogen) atoms. The van der Waals surface area contributed by atoms with Gasteiger partial charge in [0.2, 0.25) is 0 Å². The third kappa shape index (κ3) is 3.45. The lowest BCUT2D eigenvalue weighted by molar-refractivity contribution is 0.173. The number of nitrogens with one attached hydrogen (secondary N) is 1. The van der Waals surface area contributed by atoms with Crippen molar-refractivity contribution in [2.75, 3.05) is 13.2 Å². The van der Waals surface area contributed by atoms with Gasteiger partial charge >= 0.3 is 0 Å². The highest BCUT2D eigenvalue weighted by molar-refractivity contribution is 5.24. The number of hydrogen-bond donors (Lipinski definition) is 3. The second kappa shape index (κ2) is 6.65. The van der Waals surface area contributed by atoms with Gasteiger partial charge < -0.3 is 15.5 Å². The van der Waals surface area contributed by atoms with Crippen molar-refractivity contribution in [1.82, 2.24) is 15.1 Å². The van der Waals surface area contributed by atoms with E-state index in [9.17, 15) is 5.11 Å². The van der Waals surface area contributed by atoms with Crippen LogP contribution in [0.3, 0.4) is 0 Å². The molecule has 1 aromatic heterocycles. The number of nitrogens with zero attached hydrogens (tertiary/aromatic N) is 2. The summed E-state index contributed by atoms with van der Waals surface area (Å²) in [5, 5.41) is 26.1. The van der Waals surface area contributed by atoms with Crippen LogP contribution in [0.5, 0.6) is 0 Å². The first-order chi connectivity index (χ1) is 9.68. The van der Waals surface area contributed by atoms with E-state index in [1.807, 2.05) is 43.5 Å². The standard InChI is InChI=1S/C15H21N3O2/c1-15(12-20,14-5-3-2-4-6-14)16-9-13-10-17-18(11-13)7-8-19/h2-6,10-11,16,19-20H,7-9,12H2,1H3. The molecular weight excluding hydrogens is 254 g/mol. The summed E-state index contributed by atoms with van der Waals surface area (Å²) in [5.74, 6) is 0. The highest BCUT2D eigenvalue weighted by Crippen LogP contribution is 2.20. The molecule has 0 aliphatic carbocycles. The normalized spacial score (nSPS) is 14.2. The van der Waals surface area contributed by atoms with Gasteiger partial charge in [0.05, 0.1) is 31.5 Å². The average molecular weight is 275 g/mol. The Morgan fingerprint density at radius 3 is 2.65 bits per heavy atom. The molecule has 1 unspecified atom stereocenters. The number of hydrogen-bond acceptors (Lipinski definition) is 4. The third-order valence-electron chi connectivity index (χ3n) is 3.43. The van der Waals surface area contributed by atoms with Crippen LogP contribution in [-0.2, 0) is 18.6 Å². The first-order valence-electron chi connectivity index (χ1n) is 6.71. The van der Waals surface area contributed by atoms with E-state index < -0.39 is 5.54 Å². The fourth-order valence-corrected chi connectivity index (χ4v) is 2.07. The number of aromatic nitrogens is 2. The second-order valence-corrected chi connectivity index (χ2v) is 5.05. The molecular formula is C15H21N3O2. The Balaban J connectivity index is 2.03. The van der Waals surface area contributed by atoms with E-state index in [-0.39, 0.29) is 13.2 Å². The molecule has 1 atom stereocenters. The van der Waals surface area contributed by atoms with Crippen LogP contribution >= 0.6 is 0 Å². The van der Waals surface area contributed by atoms with Gasteiger partial charge in [0.1, 0.15) is 0 Å². The van der Waals surface area contributed by atoms with Gasteiger partial charge in [-0.15, -0.1) is 0 Å². The highest BCUT2D eigenvalue weighted by atomic mass is 16.3. The molecule has 3 N–H and O–H groups in total. The molecule has 5 nitrogen and oxygen atoms in total. The smallest absolute Gasteiger partial charge is 0.0652 e. The topological polar surface area (TPSA) is 70.3 Å². The molecule has 108 valence electrons. The largest absolute Gasteiger partial charge is 0.394 e. The van der Waals surface area contributed by atoms with E-state index in [0.717, 1.165) is 11.1 Å². The van der Waals surface area contributed by atoms with Crippen molar-refractivity contribution in [3.63, 3.8) is 0 Å². The molecule has 5 heteroatoms. The Hall–Kier alpha value is -1.69. The lowest BCUT2D eigenvalue weighted by atomic mass is 9.93. The molecule has 0 fully saturated rings. The summed E-state index contributed by atoms with van der Waals surface area (Å²) in [6.07, 6.45) is 3.66. The first kappa shape index (κ1) is 14.7. The first-order valence-corrected chi connectivity index (χ1v) is 6.71. The Bertz CT molecular complexity index is 527. The average Bonchev–Trinajstić information content (AvgIpc) is 2.94. The molecule has 0 saturated heterocycles. The van der Waals surface area contributed by atoms with E-state index in [2.05, 4.69) is 10.4 Å². The predicted octanol–water partition coefficient (Wildman–Crippen LogP) is 0.873. The van der Waals surface area contributed by atoms with Gasteiger partial charge in [-0.05, 0) is 12.5 Å². The number of rotatable bonds is 7. The van der Waals surface area contributed by atoms with Crippen LogP contribution in [0.1, 0.15) is 18.1 Å². The summed E-state index contributed by atoms with van der Waals surface area (Å²) in [7, 11) is 0. The van der Waals surface area contributed by atoms with Crippen LogP contribution < -0.4 is 5.32 Å².